The Balaban J connectivity index is 2.21. The van der Waals surface area contributed by atoms with E-state index in [4.69, 9.17) is 4.74 Å². The Morgan fingerprint density at radius 2 is 2.00 bits per heavy atom. The second-order valence-electron chi connectivity index (χ2n) is 3.86. The van der Waals surface area contributed by atoms with E-state index < -0.39 is 0 Å². The predicted octanol–water partition coefficient (Wildman–Crippen LogP) is 3.35. The van der Waals surface area contributed by atoms with Crippen molar-refractivity contribution in [1.82, 2.24) is 0 Å². The molecule has 0 bridgehead atoms. The van der Waals surface area contributed by atoms with E-state index in [9.17, 15) is 0 Å². The van der Waals surface area contributed by atoms with Crippen molar-refractivity contribution in [3.63, 3.8) is 0 Å². The number of ether oxygens (including phenoxy) is 1. The Hall–Kier alpha value is -1.76. The van der Waals surface area contributed by atoms with Crippen LogP contribution in [0.4, 0.5) is 0 Å². The van der Waals surface area contributed by atoms with Crippen LogP contribution in [0.2, 0.25) is 0 Å². The zero-order valence-electron chi connectivity index (χ0n) is 8.60. The molecule has 1 heterocycles. The molecule has 0 fully saturated rings. The predicted molar refractivity (Wildman–Crippen MR) is 61.7 cm³/mol. The van der Waals surface area contributed by atoms with Gasteiger partial charge in [-0.2, -0.15) is 0 Å². The van der Waals surface area contributed by atoms with Gasteiger partial charge in [0.2, 0.25) is 0 Å². The number of fused-ring (bicyclic) bond motifs is 2. The van der Waals surface area contributed by atoms with Crippen LogP contribution in [0, 0.1) is 0 Å². The molecule has 1 aliphatic heterocycles. The zero-order chi connectivity index (χ0) is 10.3. The van der Waals surface area contributed by atoms with Gasteiger partial charge in [-0.05, 0) is 30.2 Å². The average Bonchev–Trinajstić information content (AvgIpc) is 2.30. The highest BCUT2D eigenvalue weighted by molar-refractivity contribution is 5.77. The lowest BCUT2D eigenvalue weighted by molar-refractivity contribution is 0.281. The molecule has 0 saturated heterocycles. The summed E-state index contributed by atoms with van der Waals surface area (Å²) in [6.45, 7) is 2.16. The highest BCUT2D eigenvalue weighted by Crippen LogP contribution is 2.37. The molecule has 0 aromatic heterocycles. The van der Waals surface area contributed by atoms with Gasteiger partial charge in [0.15, 0.2) is 0 Å². The number of para-hydroxylation sites is 1. The van der Waals surface area contributed by atoms with Crippen LogP contribution in [-0.2, 0) is 0 Å². The number of benzene rings is 1. The minimum atomic E-state index is 0.102. The van der Waals surface area contributed by atoms with Crippen LogP contribution in [0.3, 0.4) is 0 Å². The number of hydrogen-bond donors (Lipinski definition) is 0. The lowest BCUT2D eigenvalue weighted by Crippen LogP contribution is -2.22. The van der Waals surface area contributed by atoms with Gasteiger partial charge in [0.25, 0.3) is 0 Å². The number of rotatable bonds is 0. The van der Waals surface area contributed by atoms with Gasteiger partial charge in [-0.25, -0.2) is 0 Å². The van der Waals surface area contributed by atoms with Gasteiger partial charge in [-0.1, -0.05) is 36.4 Å². The molecule has 3 rings (SSSR count). The van der Waals surface area contributed by atoms with Crippen molar-refractivity contribution >= 4 is 5.57 Å². The van der Waals surface area contributed by atoms with E-state index >= 15 is 0 Å². The van der Waals surface area contributed by atoms with Crippen molar-refractivity contribution < 1.29 is 4.74 Å². The standard InChI is InChI=1S/C14H12O/c1-10-11-6-2-4-8-13(11)15-14-9-5-3-7-12(10)14/h2-9,13H,1H3. The van der Waals surface area contributed by atoms with Gasteiger partial charge in [0.1, 0.15) is 11.9 Å². The maximum absolute atomic E-state index is 5.91. The fourth-order valence-corrected chi connectivity index (χ4v) is 2.14. The summed E-state index contributed by atoms with van der Waals surface area (Å²) in [7, 11) is 0. The molecule has 1 aromatic rings. The summed E-state index contributed by atoms with van der Waals surface area (Å²) in [5.41, 5.74) is 3.81. The van der Waals surface area contributed by atoms with E-state index in [1.165, 1.54) is 16.7 Å². The molecule has 1 aliphatic carbocycles. The normalized spacial score (nSPS) is 22.1. The second kappa shape index (κ2) is 3.13. The summed E-state index contributed by atoms with van der Waals surface area (Å²) >= 11 is 0. The van der Waals surface area contributed by atoms with Gasteiger partial charge in [-0.15, -0.1) is 0 Å². The van der Waals surface area contributed by atoms with Crippen molar-refractivity contribution in [2.75, 3.05) is 0 Å². The van der Waals surface area contributed by atoms with Gasteiger partial charge in [0.05, 0.1) is 0 Å². The Morgan fingerprint density at radius 3 is 2.93 bits per heavy atom. The summed E-state index contributed by atoms with van der Waals surface area (Å²) in [6, 6.07) is 8.20. The number of hydrogen-bond acceptors (Lipinski definition) is 1. The van der Waals surface area contributed by atoms with E-state index in [1.54, 1.807) is 0 Å². The topological polar surface area (TPSA) is 9.23 Å². The Bertz CT molecular complexity index is 492. The Kier molecular flexibility index (Phi) is 1.78. The van der Waals surface area contributed by atoms with Gasteiger partial charge >= 0.3 is 0 Å². The molecule has 0 spiro atoms. The summed E-state index contributed by atoms with van der Waals surface area (Å²) < 4.78 is 5.91. The third-order valence-corrected chi connectivity index (χ3v) is 2.96. The van der Waals surface area contributed by atoms with E-state index in [0.29, 0.717) is 0 Å². The maximum atomic E-state index is 5.91. The minimum Gasteiger partial charge on any atom is -0.481 e. The second-order valence-corrected chi connectivity index (χ2v) is 3.86. The molecule has 0 radical (unpaired) electrons. The molecule has 1 heteroatoms. The molecule has 1 nitrogen and oxygen atoms in total. The third kappa shape index (κ3) is 1.23. The van der Waals surface area contributed by atoms with E-state index in [1.807, 2.05) is 18.2 Å². The summed E-state index contributed by atoms with van der Waals surface area (Å²) in [5, 5.41) is 0. The lowest BCUT2D eigenvalue weighted by Gasteiger charge is -2.28. The van der Waals surface area contributed by atoms with E-state index in [0.717, 1.165) is 5.75 Å². The molecule has 15 heavy (non-hydrogen) atoms. The first-order valence-electron chi connectivity index (χ1n) is 5.18. The molecular weight excluding hydrogens is 184 g/mol. The third-order valence-electron chi connectivity index (χ3n) is 2.96. The minimum absolute atomic E-state index is 0.102. The van der Waals surface area contributed by atoms with Crippen molar-refractivity contribution in [2.45, 2.75) is 13.0 Å². The van der Waals surface area contributed by atoms with Crippen LogP contribution in [-0.4, -0.2) is 6.10 Å². The molecule has 74 valence electrons. The van der Waals surface area contributed by atoms with Crippen molar-refractivity contribution in [1.29, 1.82) is 0 Å². The van der Waals surface area contributed by atoms with Crippen LogP contribution in [0.25, 0.3) is 5.57 Å². The van der Waals surface area contributed by atoms with Crippen molar-refractivity contribution in [3.05, 3.63) is 59.7 Å². The molecule has 2 aliphatic rings. The molecule has 0 amide bonds. The van der Waals surface area contributed by atoms with Crippen LogP contribution in [0.5, 0.6) is 5.75 Å². The quantitative estimate of drug-likeness (QED) is 0.618. The Morgan fingerprint density at radius 1 is 1.13 bits per heavy atom. The molecular formula is C14H12O. The van der Waals surface area contributed by atoms with Crippen LogP contribution >= 0.6 is 0 Å². The van der Waals surface area contributed by atoms with E-state index in [2.05, 4.69) is 37.3 Å². The first kappa shape index (κ1) is 8.54. The van der Waals surface area contributed by atoms with Crippen LogP contribution in [0.1, 0.15) is 12.5 Å². The smallest absolute Gasteiger partial charge is 0.143 e. The monoisotopic (exact) mass is 196 g/mol. The summed E-state index contributed by atoms with van der Waals surface area (Å²) in [6.07, 6.45) is 8.43. The molecule has 0 N–H and O–H groups in total. The number of allylic oxidation sites excluding steroid dienone is 3. The van der Waals surface area contributed by atoms with Gasteiger partial charge in [0, 0.05) is 5.56 Å². The molecule has 0 saturated carbocycles. The zero-order valence-corrected chi connectivity index (χ0v) is 8.60. The van der Waals surface area contributed by atoms with E-state index in [-0.39, 0.29) is 6.10 Å². The van der Waals surface area contributed by atoms with Gasteiger partial charge < -0.3 is 4.74 Å². The Labute approximate surface area is 89.4 Å². The fraction of sp³-hybridized carbons (Fsp3) is 0.143. The first-order valence-corrected chi connectivity index (χ1v) is 5.18. The fourth-order valence-electron chi connectivity index (χ4n) is 2.14. The summed E-state index contributed by atoms with van der Waals surface area (Å²) in [5.74, 6) is 0.990. The molecule has 1 unspecified atom stereocenters. The molecule has 1 aromatic carbocycles. The van der Waals surface area contributed by atoms with Crippen molar-refractivity contribution in [2.24, 2.45) is 0 Å². The highest BCUT2D eigenvalue weighted by atomic mass is 16.5. The maximum Gasteiger partial charge on any atom is 0.143 e. The summed E-state index contributed by atoms with van der Waals surface area (Å²) in [4.78, 5) is 0. The molecule has 1 atom stereocenters. The first-order chi connectivity index (χ1) is 7.36. The average molecular weight is 196 g/mol. The van der Waals surface area contributed by atoms with Gasteiger partial charge in [-0.3, -0.25) is 0 Å². The highest BCUT2D eigenvalue weighted by Gasteiger charge is 2.23. The van der Waals surface area contributed by atoms with Crippen LogP contribution < -0.4 is 4.74 Å². The largest absolute Gasteiger partial charge is 0.481 e. The van der Waals surface area contributed by atoms with Crippen molar-refractivity contribution in [3.8, 4) is 5.75 Å². The lowest BCUT2D eigenvalue weighted by atomic mass is 9.92. The SMILES string of the molecule is CC1=C2C=CC=CC2Oc2ccccc21. The van der Waals surface area contributed by atoms with Crippen LogP contribution in [0.15, 0.2) is 54.1 Å².